The van der Waals surface area contributed by atoms with Crippen LogP contribution in [0.4, 0.5) is 23.2 Å². The summed E-state index contributed by atoms with van der Waals surface area (Å²) in [5, 5.41) is 5.88. The Bertz CT molecular complexity index is 1760. The topological polar surface area (TPSA) is 56.1 Å². The van der Waals surface area contributed by atoms with Crippen molar-refractivity contribution in [1.29, 1.82) is 0 Å². The monoisotopic (exact) mass is 741 g/mol. The van der Waals surface area contributed by atoms with E-state index >= 15 is 13.2 Å². The summed E-state index contributed by atoms with van der Waals surface area (Å²) in [6, 6.07) is 11.2. The van der Waals surface area contributed by atoms with E-state index in [1.165, 1.54) is 38.4 Å². The Balaban J connectivity index is 1.40. The van der Waals surface area contributed by atoms with Gasteiger partial charge in [-0.3, -0.25) is 8.77 Å². The Morgan fingerprint density at radius 2 is 1.91 bits per heavy atom. The van der Waals surface area contributed by atoms with Crippen LogP contribution in [-0.4, -0.2) is 27.2 Å². The van der Waals surface area contributed by atoms with Crippen LogP contribution in [0.25, 0.3) is 10.9 Å². The lowest BCUT2D eigenvalue weighted by Crippen LogP contribution is -2.19. The maximum atomic E-state index is 15.4. The van der Waals surface area contributed by atoms with Gasteiger partial charge in [-0.05, 0) is 42.7 Å². The number of fused-ring (bicyclic) bond motifs is 1. The summed E-state index contributed by atoms with van der Waals surface area (Å²) in [5.41, 5.74) is 1.49. The molecule has 0 aliphatic carbocycles. The van der Waals surface area contributed by atoms with Crippen molar-refractivity contribution in [3.8, 4) is 11.5 Å². The Morgan fingerprint density at radius 1 is 1.12 bits per heavy atom. The van der Waals surface area contributed by atoms with Crippen LogP contribution >= 0.6 is 42.5 Å². The molecule has 0 fully saturated rings. The van der Waals surface area contributed by atoms with Gasteiger partial charge in [-0.15, -0.1) is 0 Å². The number of thiocarbonyl (C=S) groups is 1. The van der Waals surface area contributed by atoms with Crippen LogP contribution in [-0.2, 0) is 16.0 Å². The average Bonchev–Trinajstić information content (AvgIpc) is 3.58. The second-order valence-electron chi connectivity index (χ2n) is 9.68. The van der Waals surface area contributed by atoms with Crippen molar-refractivity contribution in [2.75, 3.05) is 11.6 Å². The summed E-state index contributed by atoms with van der Waals surface area (Å²) in [5.74, 6) is -4.53. The number of nitrogens with zero attached hydrogens (tertiary/aromatic N) is 3. The molecule has 43 heavy (non-hydrogen) atoms. The summed E-state index contributed by atoms with van der Waals surface area (Å²) in [4.78, 5) is 12.0. The van der Waals surface area contributed by atoms with Gasteiger partial charge in [-0.2, -0.15) is 5.10 Å². The Labute approximate surface area is 266 Å². The lowest BCUT2D eigenvalue weighted by atomic mass is 9.91. The molecule has 0 spiro atoms. The SMILES string of the molecule is CCOC(=O)CCc1cccc(C(C)C2=NN(c3cc(Oc4c(F)cc5c(ccn5SI)c4F)ccc3F)C(=S)C2)c1F. The van der Waals surface area contributed by atoms with Gasteiger partial charge < -0.3 is 9.47 Å². The van der Waals surface area contributed by atoms with Crippen molar-refractivity contribution in [2.45, 2.75) is 39.0 Å². The van der Waals surface area contributed by atoms with Gasteiger partial charge in [0.2, 0.25) is 0 Å². The van der Waals surface area contributed by atoms with Gasteiger partial charge in [-0.25, -0.2) is 22.6 Å². The van der Waals surface area contributed by atoms with Crippen molar-refractivity contribution in [1.82, 2.24) is 3.97 Å². The molecular weight excluding hydrogens is 717 g/mol. The van der Waals surface area contributed by atoms with Gasteiger partial charge in [0.05, 0.1) is 17.8 Å². The van der Waals surface area contributed by atoms with E-state index in [1.807, 2.05) is 21.2 Å². The number of hydrazone groups is 1. The third-order valence-electron chi connectivity index (χ3n) is 7.02. The first kappa shape index (κ1) is 31.3. The van der Waals surface area contributed by atoms with Gasteiger partial charge in [-0.1, -0.05) is 37.3 Å². The fourth-order valence-corrected chi connectivity index (χ4v) is 6.46. The second kappa shape index (κ2) is 13.2. The largest absolute Gasteiger partial charge is 0.466 e. The molecule has 6 nitrogen and oxygen atoms in total. The number of aromatic nitrogens is 1. The summed E-state index contributed by atoms with van der Waals surface area (Å²) in [7, 11) is 1.26. The fraction of sp³-hybridized carbons (Fsp3) is 0.233. The predicted octanol–water partition coefficient (Wildman–Crippen LogP) is 9.03. The zero-order valence-corrected chi connectivity index (χ0v) is 26.7. The van der Waals surface area contributed by atoms with Crippen molar-refractivity contribution >= 4 is 75.8 Å². The first-order valence-corrected chi connectivity index (χ1v) is 16.9. The number of hydrogen-bond donors (Lipinski definition) is 0. The van der Waals surface area contributed by atoms with Crippen molar-refractivity contribution < 1.29 is 31.8 Å². The average molecular weight is 742 g/mol. The molecule has 0 bridgehead atoms. The second-order valence-corrected chi connectivity index (χ2v) is 11.9. The molecule has 224 valence electrons. The quantitative estimate of drug-likeness (QED) is 0.0701. The van der Waals surface area contributed by atoms with E-state index in [0.717, 1.165) is 6.07 Å². The lowest BCUT2D eigenvalue weighted by Gasteiger charge is -2.17. The number of anilines is 1. The Kier molecular flexibility index (Phi) is 9.61. The van der Waals surface area contributed by atoms with Crippen LogP contribution < -0.4 is 9.75 Å². The van der Waals surface area contributed by atoms with Crippen LogP contribution in [0.15, 0.2) is 59.8 Å². The smallest absolute Gasteiger partial charge is 0.306 e. The molecule has 1 atom stereocenters. The van der Waals surface area contributed by atoms with Crippen molar-refractivity contribution in [3.63, 3.8) is 0 Å². The van der Waals surface area contributed by atoms with Gasteiger partial charge in [0.15, 0.2) is 17.4 Å². The van der Waals surface area contributed by atoms with E-state index in [0.29, 0.717) is 22.4 Å². The van der Waals surface area contributed by atoms with Crippen LogP contribution in [0.2, 0.25) is 0 Å². The summed E-state index contributed by atoms with van der Waals surface area (Å²) in [6.45, 7) is 3.72. The highest BCUT2D eigenvalue weighted by Crippen LogP contribution is 2.38. The molecule has 0 radical (unpaired) electrons. The molecular formula is C30H24F4IN3O3S2. The fourth-order valence-electron chi connectivity index (χ4n) is 4.81. The summed E-state index contributed by atoms with van der Waals surface area (Å²) >= 11 is 7.50. The molecule has 0 N–H and O–H groups in total. The highest BCUT2D eigenvalue weighted by atomic mass is 127. The maximum absolute atomic E-state index is 15.4. The molecule has 1 aliphatic heterocycles. The number of aryl methyl sites for hydroxylation is 1. The number of hydrogen-bond acceptors (Lipinski definition) is 6. The van der Waals surface area contributed by atoms with E-state index in [1.54, 1.807) is 42.2 Å². The van der Waals surface area contributed by atoms with Crippen LogP contribution in [0.3, 0.4) is 0 Å². The van der Waals surface area contributed by atoms with Crippen LogP contribution in [0.1, 0.15) is 43.7 Å². The highest BCUT2D eigenvalue weighted by Gasteiger charge is 2.30. The maximum Gasteiger partial charge on any atom is 0.306 e. The van der Waals surface area contributed by atoms with E-state index in [9.17, 15) is 9.18 Å². The van der Waals surface area contributed by atoms with E-state index in [2.05, 4.69) is 5.10 Å². The third kappa shape index (κ3) is 6.38. The number of esters is 1. The Hall–Kier alpha value is -3.17. The molecule has 0 amide bonds. The predicted molar refractivity (Wildman–Crippen MR) is 172 cm³/mol. The number of carbonyl (C=O) groups is 1. The molecule has 5 rings (SSSR count). The van der Waals surface area contributed by atoms with Gasteiger partial charge >= 0.3 is 5.97 Å². The van der Waals surface area contributed by atoms with E-state index in [-0.39, 0.29) is 47.7 Å². The zero-order valence-electron chi connectivity index (χ0n) is 22.9. The molecule has 1 aromatic heterocycles. The third-order valence-corrected chi connectivity index (χ3v) is 9.08. The minimum atomic E-state index is -0.918. The molecule has 0 saturated carbocycles. The number of benzene rings is 3. The van der Waals surface area contributed by atoms with Crippen LogP contribution in [0.5, 0.6) is 11.5 Å². The molecule has 13 heteroatoms. The lowest BCUT2D eigenvalue weighted by molar-refractivity contribution is -0.143. The van der Waals surface area contributed by atoms with Gasteiger partial charge in [0.1, 0.15) is 28.1 Å². The minimum Gasteiger partial charge on any atom is -0.466 e. The minimum absolute atomic E-state index is 0.0314. The molecule has 0 saturated heterocycles. The van der Waals surface area contributed by atoms with Gasteiger partial charge in [0, 0.05) is 72.8 Å². The summed E-state index contributed by atoms with van der Waals surface area (Å²) in [6.07, 6.45) is 2.00. The molecule has 1 aliphatic rings. The Morgan fingerprint density at radius 3 is 2.65 bits per heavy atom. The molecule has 4 aromatic rings. The molecule has 3 aromatic carbocycles. The number of halogens is 5. The van der Waals surface area contributed by atoms with Crippen LogP contribution in [0, 0.1) is 23.3 Å². The van der Waals surface area contributed by atoms with Crippen molar-refractivity contribution in [2.24, 2.45) is 5.10 Å². The zero-order chi connectivity index (χ0) is 30.8. The van der Waals surface area contributed by atoms with E-state index in [4.69, 9.17) is 21.7 Å². The highest BCUT2D eigenvalue weighted by molar-refractivity contribution is 14.2. The van der Waals surface area contributed by atoms with Gasteiger partial charge in [0.25, 0.3) is 0 Å². The first-order chi connectivity index (χ1) is 20.6. The normalized spacial score (nSPS) is 13.9. The van der Waals surface area contributed by atoms with Crippen molar-refractivity contribution in [3.05, 3.63) is 89.1 Å². The number of carbonyl (C=O) groups excluding carboxylic acids is 1. The van der Waals surface area contributed by atoms with E-state index < -0.39 is 40.9 Å². The number of rotatable bonds is 10. The number of ether oxygens (including phenoxy) is 2. The summed E-state index contributed by atoms with van der Waals surface area (Å²) < 4.78 is 72.7. The molecule has 2 heterocycles. The first-order valence-electron chi connectivity index (χ1n) is 13.2. The molecule has 1 unspecified atom stereocenters. The standard InChI is InChI=1S/C30H24F4IN3O3S2/c1-3-40-27(39)10-7-17-5-4-6-19(28(17)33)16(2)23-15-26(42)38(36-23)25-13-18(8-9-21(25)31)41-30-22(32)14-24-20(29(30)34)11-12-37(24)43-35/h4-6,8-9,11-14,16H,3,7,10,15H2,1-2H3.